The second kappa shape index (κ2) is 3.21. The predicted octanol–water partition coefficient (Wildman–Crippen LogP) is 1.09. The van der Waals surface area contributed by atoms with E-state index in [4.69, 9.17) is 10.6 Å². The van der Waals surface area contributed by atoms with Gasteiger partial charge in [-0.3, -0.25) is 0 Å². The van der Waals surface area contributed by atoms with E-state index < -0.39 is 0 Å². The van der Waals surface area contributed by atoms with Crippen molar-refractivity contribution in [2.24, 2.45) is 5.90 Å². The van der Waals surface area contributed by atoms with Crippen LogP contribution in [0.4, 0.5) is 4.39 Å². The number of halogens is 1. The average Bonchev–Trinajstić information content (AvgIpc) is 2.04. The molecule has 3 nitrogen and oxygen atoms in total. The van der Waals surface area contributed by atoms with Crippen LogP contribution < -0.4 is 15.5 Å². The van der Waals surface area contributed by atoms with E-state index in [0.717, 1.165) is 0 Å². The molecule has 1 aromatic rings. The fraction of sp³-hybridized carbons (Fsp3) is 0.143. The van der Waals surface area contributed by atoms with E-state index in [-0.39, 0.29) is 11.6 Å². The van der Waals surface area contributed by atoms with E-state index in [1.54, 1.807) is 0 Å². The Labute approximate surface area is 63.5 Å². The molecule has 0 aliphatic carbocycles. The normalized spacial score (nSPS) is 9.36. The molecule has 0 saturated heterocycles. The second-order valence-corrected chi connectivity index (χ2v) is 1.91. The third-order valence-corrected chi connectivity index (χ3v) is 1.25. The van der Waals surface area contributed by atoms with Crippen molar-refractivity contribution in [3.63, 3.8) is 0 Å². The lowest BCUT2D eigenvalue weighted by molar-refractivity contribution is 0.304. The van der Waals surface area contributed by atoms with Crippen molar-refractivity contribution in [3.8, 4) is 11.5 Å². The van der Waals surface area contributed by atoms with Crippen LogP contribution >= 0.6 is 0 Å². The number of hydrogen-bond acceptors (Lipinski definition) is 3. The van der Waals surface area contributed by atoms with E-state index >= 15 is 0 Å². The molecule has 0 unspecified atom stereocenters. The molecule has 1 rings (SSSR count). The molecule has 4 heteroatoms. The molecular weight excluding hydrogens is 149 g/mol. The molecule has 0 atom stereocenters. The predicted molar refractivity (Wildman–Crippen MR) is 37.8 cm³/mol. The number of rotatable bonds is 2. The summed E-state index contributed by atoms with van der Waals surface area (Å²) >= 11 is 0. The van der Waals surface area contributed by atoms with Gasteiger partial charge in [0.15, 0.2) is 11.5 Å². The highest BCUT2D eigenvalue weighted by atomic mass is 19.1. The molecule has 0 saturated carbocycles. The van der Waals surface area contributed by atoms with Gasteiger partial charge in [0.1, 0.15) is 5.82 Å². The Morgan fingerprint density at radius 1 is 1.36 bits per heavy atom. The van der Waals surface area contributed by atoms with E-state index in [2.05, 4.69) is 4.84 Å². The first-order valence-electron chi connectivity index (χ1n) is 2.98. The fourth-order valence-corrected chi connectivity index (χ4v) is 0.739. The Morgan fingerprint density at radius 3 is 2.64 bits per heavy atom. The molecule has 60 valence electrons. The van der Waals surface area contributed by atoms with Gasteiger partial charge in [0.05, 0.1) is 7.11 Å². The van der Waals surface area contributed by atoms with Crippen LogP contribution in [-0.2, 0) is 0 Å². The molecule has 0 heterocycles. The quantitative estimate of drug-likeness (QED) is 0.653. The summed E-state index contributed by atoms with van der Waals surface area (Å²) in [4.78, 5) is 4.40. The van der Waals surface area contributed by atoms with Gasteiger partial charge in [0.2, 0.25) is 0 Å². The lowest BCUT2D eigenvalue weighted by Gasteiger charge is -2.04. The summed E-state index contributed by atoms with van der Waals surface area (Å²) in [5.74, 6) is 5.09. The number of methoxy groups -OCH3 is 1. The number of hydrogen-bond donors (Lipinski definition) is 1. The number of nitrogens with two attached hydrogens (primary N) is 1. The molecule has 0 aliphatic heterocycles. The van der Waals surface area contributed by atoms with Crippen LogP contribution in [-0.4, -0.2) is 7.11 Å². The molecule has 0 fully saturated rings. The van der Waals surface area contributed by atoms with Gasteiger partial charge in [-0.1, -0.05) is 0 Å². The maximum atomic E-state index is 12.5. The minimum Gasteiger partial charge on any atom is -0.493 e. The average molecular weight is 157 g/mol. The van der Waals surface area contributed by atoms with Crippen molar-refractivity contribution >= 4 is 0 Å². The van der Waals surface area contributed by atoms with Crippen molar-refractivity contribution in [2.45, 2.75) is 0 Å². The molecule has 0 radical (unpaired) electrons. The molecule has 0 bridgehead atoms. The Balaban J connectivity index is 3.06. The van der Waals surface area contributed by atoms with Gasteiger partial charge in [0, 0.05) is 6.07 Å². The summed E-state index contributed by atoms with van der Waals surface area (Å²) in [6, 6.07) is 3.83. The Bertz CT molecular complexity index is 252. The van der Waals surface area contributed by atoms with Crippen LogP contribution in [0, 0.1) is 5.82 Å². The molecule has 2 N–H and O–H groups in total. The highest BCUT2D eigenvalue weighted by Gasteiger charge is 2.03. The molecule has 1 aromatic carbocycles. The Hall–Kier alpha value is -1.29. The number of ether oxygens (including phenoxy) is 1. The summed E-state index contributed by atoms with van der Waals surface area (Å²) in [5, 5.41) is 0. The van der Waals surface area contributed by atoms with Gasteiger partial charge in [-0.2, -0.15) is 5.90 Å². The fourth-order valence-electron chi connectivity index (χ4n) is 0.739. The van der Waals surface area contributed by atoms with E-state index in [0.29, 0.717) is 5.75 Å². The van der Waals surface area contributed by atoms with Crippen LogP contribution in [0.1, 0.15) is 0 Å². The van der Waals surface area contributed by atoms with E-state index in [1.807, 2.05) is 0 Å². The van der Waals surface area contributed by atoms with Crippen molar-refractivity contribution < 1.29 is 14.0 Å². The van der Waals surface area contributed by atoms with Gasteiger partial charge >= 0.3 is 0 Å². The molecule has 0 aliphatic rings. The zero-order valence-electron chi connectivity index (χ0n) is 6.00. The van der Waals surface area contributed by atoms with E-state index in [1.165, 1.54) is 25.3 Å². The first-order chi connectivity index (χ1) is 5.27. The summed E-state index contributed by atoms with van der Waals surface area (Å²) in [7, 11) is 1.41. The molecule has 0 spiro atoms. The van der Waals surface area contributed by atoms with Crippen molar-refractivity contribution in [1.29, 1.82) is 0 Å². The first-order valence-corrected chi connectivity index (χ1v) is 2.98. The molecule has 11 heavy (non-hydrogen) atoms. The second-order valence-electron chi connectivity index (χ2n) is 1.91. The topological polar surface area (TPSA) is 44.5 Å². The molecular formula is C7H8FNO2. The first kappa shape index (κ1) is 7.81. The maximum Gasteiger partial charge on any atom is 0.188 e. The SMILES string of the molecule is COc1cc(F)ccc1ON. The molecule has 0 amide bonds. The summed E-state index contributed by atoms with van der Waals surface area (Å²) in [6.07, 6.45) is 0. The van der Waals surface area contributed by atoms with Gasteiger partial charge in [-0.05, 0) is 12.1 Å². The van der Waals surface area contributed by atoms with Gasteiger partial charge < -0.3 is 9.57 Å². The minimum absolute atomic E-state index is 0.285. The Kier molecular flexibility index (Phi) is 2.28. The maximum absolute atomic E-state index is 12.5. The van der Waals surface area contributed by atoms with Crippen LogP contribution in [0.2, 0.25) is 0 Å². The molecule has 0 aromatic heterocycles. The van der Waals surface area contributed by atoms with Gasteiger partial charge in [-0.25, -0.2) is 4.39 Å². The lowest BCUT2D eigenvalue weighted by Crippen LogP contribution is -2.03. The standard InChI is InChI=1S/C7H8FNO2/c1-10-7-4-5(8)2-3-6(7)11-9/h2-4H,9H2,1H3. The third kappa shape index (κ3) is 1.59. The van der Waals surface area contributed by atoms with Crippen LogP contribution in [0.25, 0.3) is 0 Å². The third-order valence-electron chi connectivity index (χ3n) is 1.25. The van der Waals surface area contributed by atoms with Gasteiger partial charge in [-0.15, -0.1) is 0 Å². The van der Waals surface area contributed by atoms with Crippen molar-refractivity contribution in [1.82, 2.24) is 0 Å². The lowest BCUT2D eigenvalue weighted by atomic mass is 10.3. The van der Waals surface area contributed by atoms with Crippen LogP contribution in [0.15, 0.2) is 18.2 Å². The van der Waals surface area contributed by atoms with Crippen LogP contribution in [0.3, 0.4) is 0 Å². The summed E-state index contributed by atoms with van der Waals surface area (Å²) in [6.45, 7) is 0. The van der Waals surface area contributed by atoms with Crippen molar-refractivity contribution in [2.75, 3.05) is 7.11 Å². The summed E-state index contributed by atoms with van der Waals surface area (Å²) < 4.78 is 17.3. The number of benzene rings is 1. The van der Waals surface area contributed by atoms with E-state index in [9.17, 15) is 4.39 Å². The zero-order chi connectivity index (χ0) is 8.27. The van der Waals surface area contributed by atoms with Crippen LogP contribution in [0.5, 0.6) is 11.5 Å². The largest absolute Gasteiger partial charge is 0.493 e. The minimum atomic E-state index is -0.386. The Morgan fingerprint density at radius 2 is 2.09 bits per heavy atom. The highest BCUT2D eigenvalue weighted by molar-refractivity contribution is 5.39. The summed E-state index contributed by atoms with van der Waals surface area (Å²) in [5.41, 5.74) is 0. The smallest absolute Gasteiger partial charge is 0.188 e. The monoisotopic (exact) mass is 157 g/mol. The highest BCUT2D eigenvalue weighted by Crippen LogP contribution is 2.25. The van der Waals surface area contributed by atoms with Crippen molar-refractivity contribution in [3.05, 3.63) is 24.0 Å². The van der Waals surface area contributed by atoms with Gasteiger partial charge in [0.25, 0.3) is 0 Å². The zero-order valence-corrected chi connectivity index (χ0v) is 6.00.